The molecule has 0 aromatic heterocycles. The molecule has 4 rings (SSSR count). The highest BCUT2D eigenvalue weighted by Crippen LogP contribution is 2.32. The van der Waals surface area contributed by atoms with E-state index in [1.165, 1.54) is 19.2 Å². The van der Waals surface area contributed by atoms with Gasteiger partial charge in [-0.25, -0.2) is 12.8 Å². The lowest BCUT2D eigenvalue weighted by molar-refractivity contribution is -0.117. The minimum absolute atomic E-state index is 0.0129. The number of anilines is 1. The van der Waals surface area contributed by atoms with Crippen molar-refractivity contribution in [2.24, 2.45) is 0 Å². The van der Waals surface area contributed by atoms with Crippen molar-refractivity contribution < 1.29 is 27.1 Å². The number of benzene rings is 4. The van der Waals surface area contributed by atoms with Crippen LogP contribution in [0.3, 0.4) is 0 Å². The zero-order valence-corrected chi connectivity index (χ0v) is 21.8. The average Bonchev–Trinajstić information content (AvgIpc) is 2.91. The van der Waals surface area contributed by atoms with E-state index in [-0.39, 0.29) is 17.9 Å². The van der Waals surface area contributed by atoms with Gasteiger partial charge in [-0.3, -0.25) is 4.79 Å². The number of halogens is 2. The molecule has 7 nitrogen and oxygen atoms in total. The SMILES string of the molecule is COc1ccc(F)cc1S(=O)(=O)NC(Cc1ccccc1)C(=O)Nc1cc(Cl)ccc1Oc1ccccc1. The van der Waals surface area contributed by atoms with Gasteiger partial charge in [0, 0.05) is 5.02 Å². The summed E-state index contributed by atoms with van der Waals surface area (Å²) in [6.07, 6.45) is 0.0129. The zero-order chi connectivity index (χ0) is 27.1. The van der Waals surface area contributed by atoms with Gasteiger partial charge < -0.3 is 14.8 Å². The number of hydrogen-bond donors (Lipinski definition) is 2. The van der Waals surface area contributed by atoms with Crippen molar-refractivity contribution in [3.8, 4) is 17.2 Å². The normalized spacial score (nSPS) is 12.0. The van der Waals surface area contributed by atoms with Gasteiger partial charge in [0.1, 0.15) is 28.3 Å². The summed E-state index contributed by atoms with van der Waals surface area (Å²) in [6.45, 7) is 0. The molecule has 0 spiro atoms. The molecule has 1 amide bonds. The summed E-state index contributed by atoms with van der Waals surface area (Å²) in [5.74, 6) is -0.664. The molecule has 0 radical (unpaired) electrons. The number of carbonyl (C=O) groups is 1. The van der Waals surface area contributed by atoms with Crippen molar-refractivity contribution in [2.75, 3.05) is 12.4 Å². The molecule has 0 saturated carbocycles. The van der Waals surface area contributed by atoms with Crippen LogP contribution in [0.2, 0.25) is 5.02 Å². The predicted octanol–water partition coefficient (Wildman–Crippen LogP) is 5.81. The van der Waals surface area contributed by atoms with Crippen molar-refractivity contribution in [1.29, 1.82) is 0 Å². The van der Waals surface area contributed by atoms with E-state index >= 15 is 0 Å². The van der Waals surface area contributed by atoms with Gasteiger partial charge in [0.15, 0.2) is 5.75 Å². The van der Waals surface area contributed by atoms with Crippen LogP contribution < -0.4 is 19.5 Å². The fourth-order valence-corrected chi connectivity index (χ4v) is 5.22. The minimum Gasteiger partial charge on any atom is -0.495 e. The lowest BCUT2D eigenvalue weighted by atomic mass is 10.1. The summed E-state index contributed by atoms with van der Waals surface area (Å²) in [4.78, 5) is 13.1. The van der Waals surface area contributed by atoms with Gasteiger partial charge in [-0.2, -0.15) is 4.72 Å². The Kier molecular flexibility index (Phi) is 8.62. The Morgan fingerprint density at radius 2 is 1.58 bits per heavy atom. The number of sulfonamides is 1. The van der Waals surface area contributed by atoms with Crippen LogP contribution in [0.25, 0.3) is 0 Å². The molecule has 0 aliphatic heterocycles. The quantitative estimate of drug-likeness (QED) is 0.258. The summed E-state index contributed by atoms with van der Waals surface area (Å²) in [7, 11) is -3.11. The molecular weight excluding hydrogens is 531 g/mol. The van der Waals surface area contributed by atoms with E-state index in [1.807, 2.05) is 6.07 Å². The molecule has 0 saturated heterocycles. The highest BCUT2D eigenvalue weighted by atomic mass is 35.5. The molecule has 0 aliphatic carbocycles. The summed E-state index contributed by atoms with van der Waals surface area (Å²) in [6, 6.07) is 24.4. The number of amides is 1. The van der Waals surface area contributed by atoms with Crippen molar-refractivity contribution >= 4 is 33.2 Å². The van der Waals surface area contributed by atoms with Gasteiger partial charge in [-0.1, -0.05) is 60.1 Å². The molecule has 196 valence electrons. The zero-order valence-electron chi connectivity index (χ0n) is 20.2. The minimum atomic E-state index is -4.38. The maximum Gasteiger partial charge on any atom is 0.245 e. The van der Waals surface area contributed by atoms with Crippen molar-refractivity contribution in [2.45, 2.75) is 17.4 Å². The van der Waals surface area contributed by atoms with Crippen LogP contribution in [0, 0.1) is 5.82 Å². The molecule has 38 heavy (non-hydrogen) atoms. The molecule has 4 aromatic rings. The van der Waals surface area contributed by atoms with E-state index < -0.39 is 32.7 Å². The highest BCUT2D eigenvalue weighted by molar-refractivity contribution is 7.89. The number of rotatable bonds is 10. The molecule has 0 heterocycles. The molecule has 0 aliphatic rings. The van der Waals surface area contributed by atoms with Crippen LogP contribution >= 0.6 is 11.6 Å². The van der Waals surface area contributed by atoms with Crippen LogP contribution in [0.1, 0.15) is 5.56 Å². The van der Waals surface area contributed by atoms with Gasteiger partial charge in [0.05, 0.1) is 12.8 Å². The molecule has 0 fully saturated rings. The molecule has 4 aromatic carbocycles. The average molecular weight is 555 g/mol. The number of ether oxygens (including phenoxy) is 2. The van der Waals surface area contributed by atoms with Crippen molar-refractivity contribution in [3.63, 3.8) is 0 Å². The standard InChI is InChI=1S/C28H24ClFN2O5S/c1-36-26-15-13-21(30)18-27(26)38(34,35)32-24(16-19-8-4-2-5-9-19)28(33)31-23-17-20(29)12-14-25(23)37-22-10-6-3-7-11-22/h2-15,17-18,24,32H,16H2,1H3,(H,31,33). The van der Waals surface area contributed by atoms with Crippen LogP contribution in [0.15, 0.2) is 102 Å². The Balaban J connectivity index is 1.66. The first kappa shape index (κ1) is 27.1. The fraction of sp³-hybridized carbons (Fsp3) is 0.107. The summed E-state index contributed by atoms with van der Waals surface area (Å²) in [5.41, 5.74) is 0.945. The third-order valence-electron chi connectivity index (χ3n) is 5.48. The largest absolute Gasteiger partial charge is 0.495 e. The van der Waals surface area contributed by atoms with Gasteiger partial charge >= 0.3 is 0 Å². The maximum atomic E-state index is 14.0. The van der Waals surface area contributed by atoms with E-state index in [0.717, 1.165) is 12.1 Å². The van der Waals surface area contributed by atoms with Crippen molar-refractivity contribution in [1.82, 2.24) is 4.72 Å². The second kappa shape index (κ2) is 12.1. The number of para-hydroxylation sites is 1. The number of nitrogens with one attached hydrogen (secondary N) is 2. The highest BCUT2D eigenvalue weighted by Gasteiger charge is 2.29. The first-order chi connectivity index (χ1) is 18.2. The lowest BCUT2D eigenvalue weighted by Gasteiger charge is -2.21. The first-order valence-corrected chi connectivity index (χ1v) is 13.3. The fourth-order valence-electron chi connectivity index (χ4n) is 3.67. The first-order valence-electron chi connectivity index (χ1n) is 11.5. The molecular formula is C28H24ClFN2O5S. The Morgan fingerprint density at radius 1 is 0.921 bits per heavy atom. The van der Waals surface area contributed by atoms with Crippen molar-refractivity contribution in [3.05, 3.63) is 113 Å². The summed E-state index contributed by atoms with van der Waals surface area (Å²) in [5, 5.41) is 3.06. The molecule has 1 atom stereocenters. The van der Waals surface area contributed by atoms with E-state index in [2.05, 4.69) is 10.0 Å². The van der Waals surface area contributed by atoms with Crippen LogP contribution in [-0.4, -0.2) is 27.5 Å². The summed E-state index contributed by atoms with van der Waals surface area (Å²) >= 11 is 6.18. The second-order valence-corrected chi connectivity index (χ2v) is 10.3. The predicted molar refractivity (Wildman–Crippen MR) is 144 cm³/mol. The van der Waals surface area contributed by atoms with Gasteiger partial charge in [-0.05, 0) is 60.5 Å². The lowest BCUT2D eigenvalue weighted by Crippen LogP contribution is -2.45. The molecule has 1 unspecified atom stereocenters. The Morgan fingerprint density at radius 3 is 2.26 bits per heavy atom. The molecule has 10 heteroatoms. The number of carbonyl (C=O) groups excluding carboxylic acids is 1. The molecule has 0 bridgehead atoms. The van der Waals surface area contributed by atoms with E-state index in [1.54, 1.807) is 66.7 Å². The van der Waals surface area contributed by atoms with Crippen LogP contribution in [0.4, 0.5) is 10.1 Å². The van der Waals surface area contributed by atoms with Crippen LogP contribution in [-0.2, 0) is 21.2 Å². The van der Waals surface area contributed by atoms with E-state index in [9.17, 15) is 17.6 Å². The monoisotopic (exact) mass is 554 g/mol. The third kappa shape index (κ3) is 6.89. The molecule has 2 N–H and O–H groups in total. The Bertz CT molecular complexity index is 1520. The number of methoxy groups -OCH3 is 1. The Labute approximate surface area is 225 Å². The van der Waals surface area contributed by atoms with Gasteiger partial charge in [0.2, 0.25) is 15.9 Å². The smallest absolute Gasteiger partial charge is 0.245 e. The van der Waals surface area contributed by atoms with Crippen LogP contribution in [0.5, 0.6) is 17.2 Å². The van der Waals surface area contributed by atoms with Gasteiger partial charge in [0.25, 0.3) is 0 Å². The topological polar surface area (TPSA) is 93.7 Å². The van der Waals surface area contributed by atoms with E-state index in [4.69, 9.17) is 21.1 Å². The van der Waals surface area contributed by atoms with Gasteiger partial charge in [-0.15, -0.1) is 0 Å². The second-order valence-electron chi connectivity index (χ2n) is 8.20. The maximum absolute atomic E-state index is 14.0. The third-order valence-corrected chi connectivity index (χ3v) is 7.21. The summed E-state index contributed by atoms with van der Waals surface area (Å²) < 4.78 is 54.0. The Hall–Kier alpha value is -3.92. The number of hydrogen-bond acceptors (Lipinski definition) is 5. The van der Waals surface area contributed by atoms with E-state index in [0.29, 0.717) is 22.1 Å².